The van der Waals surface area contributed by atoms with Crippen LogP contribution in [0.25, 0.3) is 0 Å². The van der Waals surface area contributed by atoms with Gasteiger partial charge in [0.25, 0.3) is 0 Å². The van der Waals surface area contributed by atoms with Crippen LogP contribution >= 0.6 is 11.8 Å². The second-order valence-electron chi connectivity index (χ2n) is 4.72. The van der Waals surface area contributed by atoms with Gasteiger partial charge in [0.1, 0.15) is 0 Å². The Balaban J connectivity index is 2.28. The second-order valence-corrected chi connectivity index (χ2v) is 18.2. The van der Waals surface area contributed by atoms with Crippen molar-refractivity contribution in [3.8, 4) is 0 Å². The standard InChI is InChI=1S/C12H8S.2CH3.Sn/c1-3-7-11(8-4-1)13-12-9-5-2-6-10-12;;;/h1-7,9H;2*1H3;. The van der Waals surface area contributed by atoms with Crippen molar-refractivity contribution in [3.05, 3.63) is 48.5 Å². The van der Waals surface area contributed by atoms with Crippen molar-refractivity contribution < 1.29 is 0 Å². The number of fused-ring (bicyclic) bond motifs is 2. The van der Waals surface area contributed by atoms with Crippen molar-refractivity contribution in [2.24, 2.45) is 0 Å². The molecule has 0 atom stereocenters. The molecule has 0 spiro atoms. The monoisotopic (exact) mass is 334 g/mol. The van der Waals surface area contributed by atoms with Gasteiger partial charge >= 0.3 is 105 Å². The summed E-state index contributed by atoms with van der Waals surface area (Å²) in [5, 5.41) is 0. The Hall–Kier alpha value is -0.411. The molecule has 0 aromatic heterocycles. The first-order valence-electron chi connectivity index (χ1n) is 5.56. The molecule has 0 bridgehead atoms. The molecule has 0 unspecified atom stereocenters. The fraction of sp³-hybridized carbons (Fsp3) is 0.143. The zero-order valence-electron chi connectivity index (χ0n) is 9.53. The van der Waals surface area contributed by atoms with Crippen molar-refractivity contribution in [2.75, 3.05) is 0 Å². The maximum atomic E-state index is 2.52. The van der Waals surface area contributed by atoms with Crippen LogP contribution in [0.3, 0.4) is 0 Å². The Labute approximate surface area is 105 Å². The molecule has 0 radical (unpaired) electrons. The summed E-state index contributed by atoms with van der Waals surface area (Å²) in [6.07, 6.45) is 0. The quantitative estimate of drug-likeness (QED) is 0.668. The molecule has 0 saturated carbocycles. The van der Waals surface area contributed by atoms with Crippen LogP contribution in [0.15, 0.2) is 58.3 Å². The summed E-state index contributed by atoms with van der Waals surface area (Å²) in [6.45, 7) is 0. The molecule has 16 heavy (non-hydrogen) atoms. The Morgan fingerprint density at radius 3 is 1.69 bits per heavy atom. The van der Waals surface area contributed by atoms with Gasteiger partial charge in [-0.2, -0.15) is 0 Å². The SMILES string of the molecule is [CH3][Sn]1([CH3])[c]2ccccc2Sc2cccc[c]21. The van der Waals surface area contributed by atoms with Crippen molar-refractivity contribution >= 4 is 37.3 Å². The van der Waals surface area contributed by atoms with Crippen LogP contribution in [-0.2, 0) is 0 Å². The van der Waals surface area contributed by atoms with Gasteiger partial charge in [-0.1, -0.05) is 0 Å². The molecule has 2 aromatic carbocycles. The molecule has 0 aliphatic carbocycles. The van der Waals surface area contributed by atoms with Crippen molar-refractivity contribution in [1.29, 1.82) is 0 Å². The normalized spacial score (nSPS) is 16.4. The maximum absolute atomic E-state index is 2.52. The summed E-state index contributed by atoms with van der Waals surface area (Å²) in [6, 6.07) is 17.9. The van der Waals surface area contributed by atoms with E-state index in [1.807, 2.05) is 11.8 Å². The van der Waals surface area contributed by atoms with Gasteiger partial charge in [-0.3, -0.25) is 0 Å². The summed E-state index contributed by atoms with van der Waals surface area (Å²) < 4.78 is 3.31. The van der Waals surface area contributed by atoms with Crippen LogP contribution < -0.4 is 7.16 Å². The molecule has 2 aromatic rings. The first-order chi connectivity index (χ1) is 7.69. The summed E-state index contributed by atoms with van der Waals surface area (Å²) in [5.41, 5.74) is 0. The molecule has 80 valence electrons. The molecule has 1 heterocycles. The molecule has 0 N–H and O–H groups in total. The second kappa shape index (κ2) is 3.81. The Bertz CT molecular complexity index is 498. The van der Waals surface area contributed by atoms with Crippen LogP contribution in [0.4, 0.5) is 0 Å². The summed E-state index contributed by atoms with van der Waals surface area (Å²) in [5.74, 6) is 0. The third-order valence-electron chi connectivity index (χ3n) is 3.34. The molecule has 1 aliphatic heterocycles. The summed E-state index contributed by atoms with van der Waals surface area (Å²) >= 11 is -0.322. The van der Waals surface area contributed by atoms with Crippen molar-refractivity contribution in [3.63, 3.8) is 0 Å². The van der Waals surface area contributed by atoms with E-state index in [1.165, 1.54) is 9.79 Å². The molecule has 1 aliphatic rings. The van der Waals surface area contributed by atoms with Gasteiger partial charge in [0.15, 0.2) is 0 Å². The molecule has 0 fully saturated rings. The predicted octanol–water partition coefficient (Wildman–Crippen LogP) is 2.97. The van der Waals surface area contributed by atoms with Crippen molar-refractivity contribution in [2.45, 2.75) is 19.7 Å². The van der Waals surface area contributed by atoms with Crippen LogP contribution in [0.5, 0.6) is 0 Å². The molecular weight excluding hydrogens is 319 g/mol. The average Bonchev–Trinajstić information content (AvgIpc) is 2.29. The first-order valence-corrected chi connectivity index (χ1v) is 14.9. The molecule has 0 amide bonds. The minimum absolute atomic E-state index is 1.49. The van der Waals surface area contributed by atoms with E-state index >= 15 is 0 Å². The minimum atomic E-state index is -2.26. The number of hydrogen-bond acceptors (Lipinski definition) is 1. The third-order valence-corrected chi connectivity index (χ3v) is 15.7. The van der Waals surface area contributed by atoms with Gasteiger partial charge < -0.3 is 0 Å². The zero-order chi connectivity index (χ0) is 11.2. The van der Waals surface area contributed by atoms with Gasteiger partial charge in [-0.05, 0) is 0 Å². The summed E-state index contributed by atoms with van der Waals surface area (Å²) in [7, 11) is 0. The molecule has 0 nitrogen and oxygen atoms in total. The fourth-order valence-corrected chi connectivity index (χ4v) is 15.3. The van der Waals surface area contributed by atoms with E-state index in [4.69, 9.17) is 0 Å². The van der Waals surface area contributed by atoms with Gasteiger partial charge in [0.2, 0.25) is 0 Å². The number of benzene rings is 2. The van der Waals surface area contributed by atoms with E-state index in [0.717, 1.165) is 0 Å². The fourth-order valence-electron chi connectivity index (χ4n) is 2.41. The van der Waals surface area contributed by atoms with Crippen LogP contribution in [0.2, 0.25) is 9.88 Å². The Morgan fingerprint density at radius 1 is 0.750 bits per heavy atom. The average molecular weight is 333 g/mol. The zero-order valence-corrected chi connectivity index (χ0v) is 13.2. The van der Waals surface area contributed by atoms with Crippen molar-refractivity contribution in [1.82, 2.24) is 0 Å². The van der Waals surface area contributed by atoms with Crippen LogP contribution in [0.1, 0.15) is 0 Å². The van der Waals surface area contributed by atoms with E-state index < -0.39 is 18.4 Å². The van der Waals surface area contributed by atoms with E-state index in [0.29, 0.717) is 0 Å². The topological polar surface area (TPSA) is 0 Å². The third kappa shape index (κ3) is 1.52. The van der Waals surface area contributed by atoms with Gasteiger partial charge in [0.05, 0.1) is 0 Å². The Morgan fingerprint density at radius 2 is 1.19 bits per heavy atom. The first kappa shape index (κ1) is 10.7. The van der Waals surface area contributed by atoms with E-state index in [2.05, 4.69) is 58.4 Å². The molecule has 3 rings (SSSR count). The molecular formula is C14H14SSn. The predicted molar refractivity (Wildman–Crippen MR) is 73.8 cm³/mol. The van der Waals surface area contributed by atoms with E-state index in [-0.39, 0.29) is 0 Å². The van der Waals surface area contributed by atoms with Crippen LogP contribution in [0, 0.1) is 0 Å². The Kier molecular flexibility index (Phi) is 2.55. The number of rotatable bonds is 0. The van der Waals surface area contributed by atoms with Gasteiger partial charge in [0, 0.05) is 0 Å². The van der Waals surface area contributed by atoms with E-state index in [1.54, 1.807) is 7.16 Å². The molecule has 0 saturated heterocycles. The summed E-state index contributed by atoms with van der Waals surface area (Å²) in [4.78, 5) is 8.02. The van der Waals surface area contributed by atoms with Gasteiger partial charge in [-0.25, -0.2) is 0 Å². The van der Waals surface area contributed by atoms with Gasteiger partial charge in [-0.15, -0.1) is 0 Å². The number of hydrogen-bond donors (Lipinski definition) is 0. The van der Waals surface area contributed by atoms with E-state index in [9.17, 15) is 0 Å². The van der Waals surface area contributed by atoms with Crippen LogP contribution in [-0.4, -0.2) is 18.4 Å². The molecule has 2 heteroatoms.